The molecule has 0 aliphatic heterocycles. The van der Waals surface area contributed by atoms with E-state index in [2.05, 4.69) is 20.8 Å². The van der Waals surface area contributed by atoms with Gasteiger partial charge in [0.05, 0.1) is 16.8 Å². The lowest BCUT2D eigenvalue weighted by atomic mass is 10.3. The normalized spacial score (nSPS) is 12.4. The summed E-state index contributed by atoms with van der Waals surface area (Å²) in [7, 11) is 1.78. The van der Waals surface area contributed by atoms with Gasteiger partial charge in [-0.25, -0.2) is 4.39 Å². The first kappa shape index (κ1) is 12.8. The number of nitrogens with one attached hydrogen (secondary N) is 2. The van der Waals surface area contributed by atoms with Crippen molar-refractivity contribution in [2.75, 3.05) is 12.4 Å². The molecular weight excluding hydrogens is 259 g/mol. The maximum Gasteiger partial charge on any atom is 0.320 e. The van der Waals surface area contributed by atoms with Crippen molar-refractivity contribution in [1.82, 2.24) is 15.5 Å². The van der Waals surface area contributed by atoms with Crippen LogP contribution < -0.4 is 10.6 Å². The summed E-state index contributed by atoms with van der Waals surface area (Å²) in [5.74, 6) is -0.136. The molecule has 0 amide bonds. The highest BCUT2D eigenvalue weighted by molar-refractivity contribution is 6.31. The molecule has 1 aromatic carbocycles. The van der Waals surface area contributed by atoms with Gasteiger partial charge in [-0.1, -0.05) is 22.8 Å². The van der Waals surface area contributed by atoms with Gasteiger partial charge in [0.2, 0.25) is 5.89 Å². The van der Waals surface area contributed by atoms with Gasteiger partial charge in [0.25, 0.3) is 0 Å². The Morgan fingerprint density at radius 3 is 2.89 bits per heavy atom. The van der Waals surface area contributed by atoms with E-state index >= 15 is 0 Å². The van der Waals surface area contributed by atoms with E-state index in [1.54, 1.807) is 13.1 Å². The molecule has 0 bridgehead atoms. The number of halogens is 2. The van der Waals surface area contributed by atoms with E-state index in [4.69, 9.17) is 16.0 Å². The molecule has 2 rings (SSSR count). The van der Waals surface area contributed by atoms with Gasteiger partial charge in [0.15, 0.2) is 5.82 Å². The minimum Gasteiger partial charge on any atom is -0.406 e. The van der Waals surface area contributed by atoms with Crippen molar-refractivity contribution in [3.05, 3.63) is 34.9 Å². The lowest BCUT2D eigenvalue weighted by Crippen LogP contribution is -2.12. The van der Waals surface area contributed by atoms with Crippen LogP contribution in [0, 0.1) is 5.82 Å². The zero-order chi connectivity index (χ0) is 13.1. The zero-order valence-electron chi connectivity index (χ0n) is 9.87. The molecule has 2 aromatic rings. The first-order valence-electron chi connectivity index (χ1n) is 5.33. The Hall–Kier alpha value is -1.66. The minimum absolute atomic E-state index is 0.0309. The third-order valence-electron chi connectivity index (χ3n) is 2.44. The summed E-state index contributed by atoms with van der Waals surface area (Å²) >= 11 is 5.67. The number of benzene rings is 1. The molecule has 2 N–H and O–H groups in total. The van der Waals surface area contributed by atoms with Crippen LogP contribution in [0.25, 0.3) is 0 Å². The third-order valence-corrected chi connectivity index (χ3v) is 2.73. The smallest absolute Gasteiger partial charge is 0.320 e. The Kier molecular flexibility index (Phi) is 3.78. The molecule has 5 nitrogen and oxygen atoms in total. The summed E-state index contributed by atoms with van der Waals surface area (Å²) in [6.07, 6.45) is 0. The van der Waals surface area contributed by atoms with Gasteiger partial charge in [-0.2, -0.15) is 0 Å². The molecule has 1 aromatic heterocycles. The maximum atomic E-state index is 13.6. The number of anilines is 2. The second kappa shape index (κ2) is 5.32. The number of hydrogen-bond acceptors (Lipinski definition) is 5. The number of rotatable bonds is 4. The summed E-state index contributed by atoms with van der Waals surface area (Å²) in [6.45, 7) is 1.87. The fraction of sp³-hybridized carbons (Fsp3) is 0.273. The van der Waals surface area contributed by atoms with Gasteiger partial charge < -0.3 is 15.1 Å². The second-order valence-electron chi connectivity index (χ2n) is 3.68. The van der Waals surface area contributed by atoms with Crippen molar-refractivity contribution in [2.24, 2.45) is 0 Å². The predicted octanol–water partition coefficient (Wildman–Crippen LogP) is 2.89. The topological polar surface area (TPSA) is 63.0 Å². The first-order chi connectivity index (χ1) is 8.61. The Balaban J connectivity index is 2.19. The van der Waals surface area contributed by atoms with Crippen LogP contribution >= 0.6 is 11.6 Å². The summed E-state index contributed by atoms with van der Waals surface area (Å²) in [5.41, 5.74) is 0.190. The average Bonchev–Trinajstić information content (AvgIpc) is 2.82. The van der Waals surface area contributed by atoms with E-state index in [0.717, 1.165) is 0 Å². The van der Waals surface area contributed by atoms with Crippen LogP contribution in [0.15, 0.2) is 22.6 Å². The Bertz CT molecular complexity index is 546. The summed E-state index contributed by atoms with van der Waals surface area (Å²) in [6, 6.07) is 4.67. The Labute approximate surface area is 108 Å². The van der Waals surface area contributed by atoms with Crippen molar-refractivity contribution < 1.29 is 8.81 Å². The first-order valence-corrected chi connectivity index (χ1v) is 5.71. The van der Waals surface area contributed by atoms with E-state index in [9.17, 15) is 4.39 Å². The minimum atomic E-state index is -0.555. The highest BCUT2D eigenvalue weighted by Gasteiger charge is 2.13. The average molecular weight is 271 g/mol. The van der Waals surface area contributed by atoms with E-state index < -0.39 is 5.82 Å². The van der Waals surface area contributed by atoms with Gasteiger partial charge in [-0.05, 0) is 26.1 Å². The molecule has 7 heteroatoms. The highest BCUT2D eigenvalue weighted by Crippen LogP contribution is 2.25. The molecule has 0 fully saturated rings. The fourth-order valence-electron chi connectivity index (χ4n) is 1.30. The summed E-state index contributed by atoms with van der Waals surface area (Å²) < 4.78 is 19.0. The summed E-state index contributed by atoms with van der Waals surface area (Å²) in [4.78, 5) is 0. The van der Waals surface area contributed by atoms with Crippen molar-refractivity contribution >= 4 is 23.3 Å². The van der Waals surface area contributed by atoms with E-state index in [1.165, 1.54) is 12.1 Å². The molecule has 96 valence electrons. The molecule has 0 saturated carbocycles. The van der Waals surface area contributed by atoms with Crippen LogP contribution in [0.4, 0.5) is 16.1 Å². The molecule has 0 saturated heterocycles. The van der Waals surface area contributed by atoms with Gasteiger partial charge in [0, 0.05) is 0 Å². The van der Waals surface area contributed by atoms with Crippen LogP contribution in [0.1, 0.15) is 18.9 Å². The van der Waals surface area contributed by atoms with Crippen molar-refractivity contribution in [3.63, 3.8) is 0 Å². The number of aromatic nitrogens is 2. The molecule has 1 atom stereocenters. The predicted molar refractivity (Wildman–Crippen MR) is 66.5 cm³/mol. The van der Waals surface area contributed by atoms with Gasteiger partial charge in [-0.3, -0.25) is 0 Å². The zero-order valence-corrected chi connectivity index (χ0v) is 10.6. The monoisotopic (exact) mass is 270 g/mol. The molecule has 18 heavy (non-hydrogen) atoms. The third kappa shape index (κ3) is 2.60. The van der Waals surface area contributed by atoms with Gasteiger partial charge >= 0.3 is 6.01 Å². The lowest BCUT2D eigenvalue weighted by Gasteiger charge is -2.04. The van der Waals surface area contributed by atoms with Crippen LogP contribution in [0.2, 0.25) is 5.02 Å². The largest absolute Gasteiger partial charge is 0.406 e. The Morgan fingerprint density at radius 2 is 2.17 bits per heavy atom. The van der Waals surface area contributed by atoms with Crippen molar-refractivity contribution in [2.45, 2.75) is 13.0 Å². The van der Waals surface area contributed by atoms with Crippen molar-refractivity contribution in [3.8, 4) is 0 Å². The molecule has 0 aliphatic rings. The van der Waals surface area contributed by atoms with E-state index in [-0.39, 0.29) is 22.8 Å². The maximum absolute atomic E-state index is 13.6. The van der Waals surface area contributed by atoms with Gasteiger partial charge in [-0.15, -0.1) is 5.10 Å². The lowest BCUT2D eigenvalue weighted by molar-refractivity contribution is 0.443. The molecule has 0 spiro atoms. The summed E-state index contributed by atoms with van der Waals surface area (Å²) in [5, 5.41) is 13.3. The van der Waals surface area contributed by atoms with Crippen LogP contribution in [-0.4, -0.2) is 17.2 Å². The quantitative estimate of drug-likeness (QED) is 0.894. The Morgan fingerprint density at radius 1 is 1.39 bits per heavy atom. The molecule has 1 unspecified atom stereocenters. The van der Waals surface area contributed by atoms with Crippen molar-refractivity contribution in [1.29, 1.82) is 0 Å². The molecule has 0 aliphatic carbocycles. The second-order valence-corrected chi connectivity index (χ2v) is 4.09. The number of nitrogens with zero attached hydrogens (tertiary/aromatic N) is 2. The molecule has 0 radical (unpaired) electrons. The van der Waals surface area contributed by atoms with E-state index in [1.807, 2.05) is 6.92 Å². The van der Waals surface area contributed by atoms with Crippen LogP contribution in [-0.2, 0) is 0 Å². The molecular formula is C11H12ClFN4O. The highest BCUT2D eigenvalue weighted by atomic mass is 35.5. The van der Waals surface area contributed by atoms with Crippen LogP contribution in [0.3, 0.4) is 0 Å². The standard InChI is InChI=1S/C11H12ClFN4O/c1-6(14-2)10-16-17-11(18-10)15-8-5-3-4-7(12)9(8)13/h3-6,14H,1-2H3,(H,15,17). The number of hydrogen-bond donors (Lipinski definition) is 2. The SMILES string of the molecule is CNC(C)c1nnc(Nc2cccc(Cl)c2F)o1. The van der Waals surface area contributed by atoms with E-state index in [0.29, 0.717) is 5.89 Å². The fourth-order valence-corrected chi connectivity index (χ4v) is 1.47. The van der Waals surface area contributed by atoms with Gasteiger partial charge in [0.1, 0.15) is 0 Å². The molecule has 1 heterocycles. The van der Waals surface area contributed by atoms with Crippen LogP contribution in [0.5, 0.6) is 0 Å².